The number of benzene rings is 1. The summed E-state index contributed by atoms with van der Waals surface area (Å²) in [6.07, 6.45) is 0.818. The van der Waals surface area contributed by atoms with E-state index in [2.05, 4.69) is 0 Å². The minimum absolute atomic E-state index is 0.279. The zero-order chi connectivity index (χ0) is 16.5. The van der Waals surface area contributed by atoms with Crippen molar-refractivity contribution in [3.05, 3.63) is 23.3 Å². The molecule has 0 aromatic heterocycles. The molecule has 0 heterocycles. The third-order valence-electron chi connectivity index (χ3n) is 4.04. The molecule has 1 aromatic rings. The topological polar surface area (TPSA) is 61.8 Å². The SMILES string of the molecule is COc1ccc(OC)c2c1CC[C@](OC(C)=O)(C(C)=O)[C@H]2Cl. The van der Waals surface area contributed by atoms with Crippen LogP contribution in [0.15, 0.2) is 12.1 Å². The number of esters is 1. The Morgan fingerprint density at radius 2 is 1.77 bits per heavy atom. The minimum atomic E-state index is -1.37. The van der Waals surface area contributed by atoms with Gasteiger partial charge in [-0.2, -0.15) is 0 Å². The fourth-order valence-corrected chi connectivity index (χ4v) is 3.53. The highest BCUT2D eigenvalue weighted by molar-refractivity contribution is 6.24. The summed E-state index contributed by atoms with van der Waals surface area (Å²) >= 11 is 6.59. The van der Waals surface area contributed by atoms with E-state index in [-0.39, 0.29) is 5.78 Å². The molecule has 120 valence electrons. The summed E-state index contributed by atoms with van der Waals surface area (Å²) < 4.78 is 16.1. The molecule has 1 aliphatic carbocycles. The normalized spacial score (nSPS) is 23.4. The molecule has 1 aromatic carbocycles. The summed E-state index contributed by atoms with van der Waals surface area (Å²) in [5, 5.41) is -0.831. The van der Waals surface area contributed by atoms with Crippen LogP contribution in [0.3, 0.4) is 0 Å². The molecule has 0 amide bonds. The van der Waals surface area contributed by atoms with Crippen molar-refractivity contribution >= 4 is 23.4 Å². The molecule has 0 spiro atoms. The summed E-state index contributed by atoms with van der Waals surface area (Å²) in [6, 6.07) is 3.53. The van der Waals surface area contributed by atoms with E-state index in [1.165, 1.54) is 21.0 Å². The second-order valence-corrected chi connectivity index (χ2v) is 5.70. The van der Waals surface area contributed by atoms with Gasteiger partial charge in [-0.25, -0.2) is 0 Å². The van der Waals surface area contributed by atoms with Crippen molar-refractivity contribution < 1.29 is 23.8 Å². The van der Waals surface area contributed by atoms with Gasteiger partial charge in [0.15, 0.2) is 11.4 Å². The van der Waals surface area contributed by atoms with Crippen LogP contribution in [0.25, 0.3) is 0 Å². The van der Waals surface area contributed by atoms with Crippen LogP contribution < -0.4 is 9.47 Å². The number of halogens is 1. The first-order valence-corrected chi connectivity index (χ1v) is 7.39. The molecular weight excluding hydrogens is 308 g/mol. The number of hydrogen-bond acceptors (Lipinski definition) is 5. The summed E-state index contributed by atoms with van der Waals surface area (Å²) in [4.78, 5) is 23.7. The van der Waals surface area contributed by atoms with Gasteiger partial charge >= 0.3 is 5.97 Å². The molecule has 22 heavy (non-hydrogen) atoms. The molecule has 2 atom stereocenters. The number of carbonyl (C=O) groups is 2. The number of fused-ring (bicyclic) bond motifs is 1. The Balaban J connectivity index is 2.63. The molecule has 6 heteroatoms. The summed E-state index contributed by atoms with van der Waals surface area (Å²) in [7, 11) is 3.10. The Morgan fingerprint density at radius 3 is 2.27 bits per heavy atom. The smallest absolute Gasteiger partial charge is 0.303 e. The monoisotopic (exact) mass is 326 g/mol. The van der Waals surface area contributed by atoms with E-state index in [0.717, 1.165) is 5.56 Å². The number of ether oxygens (including phenoxy) is 3. The second kappa shape index (κ2) is 6.16. The van der Waals surface area contributed by atoms with Crippen molar-refractivity contribution in [2.45, 2.75) is 37.7 Å². The van der Waals surface area contributed by atoms with Crippen molar-refractivity contribution in [2.24, 2.45) is 0 Å². The quantitative estimate of drug-likeness (QED) is 0.629. The maximum Gasteiger partial charge on any atom is 0.303 e. The van der Waals surface area contributed by atoms with Crippen LogP contribution in [0.2, 0.25) is 0 Å². The summed E-state index contributed by atoms with van der Waals surface area (Å²) in [5.41, 5.74) is 0.150. The van der Waals surface area contributed by atoms with Crippen LogP contribution >= 0.6 is 11.6 Å². The van der Waals surface area contributed by atoms with Crippen molar-refractivity contribution in [1.82, 2.24) is 0 Å². The molecule has 1 aliphatic rings. The van der Waals surface area contributed by atoms with Gasteiger partial charge in [-0.1, -0.05) is 0 Å². The minimum Gasteiger partial charge on any atom is -0.496 e. The molecular formula is C16H19ClO5. The van der Waals surface area contributed by atoms with Crippen LogP contribution in [-0.4, -0.2) is 31.6 Å². The average Bonchev–Trinajstić information content (AvgIpc) is 2.48. The Kier molecular flexibility index (Phi) is 4.66. The van der Waals surface area contributed by atoms with Crippen molar-refractivity contribution in [3.8, 4) is 11.5 Å². The van der Waals surface area contributed by atoms with Gasteiger partial charge < -0.3 is 14.2 Å². The lowest BCUT2D eigenvalue weighted by atomic mass is 9.77. The molecule has 0 fully saturated rings. The highest BCUT2D eigenvalue weighted by Gasteiger charge is 2.51. The Bertz CT molecular complexity index is 613. The highest BCUT2D eigenvalue weighted by Crippen LogP contribution is 2.50. The fourth-order valence-electron chi connectivity index (χ4n) is 2.98. The molecule has 0 unspecified atom stereocenters. The third-order valence-corrected chi connectivity index (χ3v) is 4.62. The summed E-state index contributed by atoms with van der Waals surface area (Å²) in [6.45, 7) is 2.66. The van der Waals surface area contributed by atoms with Gasteiger partial charge in [-0.05, 0) is 25.5 Å². The zero-order valence-corrected chi connectivity index (χ0v) is 13.8. The van der Waals surface area contributed by atoms with E-state index in [9.17, 15) is 9.59 Å². The number of Topliss-reactive ketones (excluding diaryl/α,β-unsaturated/α-hetero) is 1. The van der Waals surface area contributed by atoms with Gasteiger partial charge in [0, 0.05) is 24.5 Å². The highest BCUT2D eigenvalue weighted by atomic mass is 35.5. The first-order valence-electron chi connectivity index (χ1n) is 6.95. The average molecular weight is 327 g/mol. The van der Waals surface area contributed by atoms with Gasteiger partial charge in [0.1, 0.15) is 16.9 Å². The van der Waals surface area contributed by atoms with Crippen molar-refractivity contribution in [2.75, 3.05) is 14.2 Å². The number of carbonyl (C=O) groups excluding carboxylic acids is 2. The predicted octanol–water partition coefficient (Wildman–Crippen LogP) is 2.82. The van der Waals surface area contributed by atoms with Gasteiger partial charge in [0.05, 0.1) is 14.2 Å². The van der Waals surface area contributed by atoms with Gasteiger partial charge in [0.2, 0.25) is 0 Å². The Hall–Kier alpha value is -1.75. The fraction of sp³-hybridized carbons (Fsp3) is 0.500. The molecule has 0 saturated carbocycles. The summed E-state index contributed by atoms with van der Waals surface area (Å²) in [5.74, 6) is 0.416. The van der Waals surface area contributed by atoms with Gasteiger partial charge in [0.25, 0.3) is 0 Å². The van der Waals surface area contributed by atoms with Gasteiger partial charge in [-0.3, -0.25) is 9.59 Å². The number of ketones is 1. The van der Waals surface area contributed by atoms with E-state index in [0.29, 0.717) is 29.9 Å². The van der Waals surface area contributed by atoms with E-state index < -0.39 is 16.9 Å². The molecule has 5 nitrogen and oxygen atoms in total. The molecule has 0 N–H and O–H groups in total. The Morgan fingerprint density at radius 1 is 1.18 bits per heavy atom. The van der Waals surface area contributed by atoms with Crippen molar-refractivity contribution in [3.63, 3.8) is 0 Å². The lowest BCUT2D eigenvalue weighted by Crippen LogP contribution is -2.48. The maximum absolute atomic E-state index is 12.2. The van der Waals surface area contributed by atoms with Crippen LogP contribution in [0.4, 0.5) is 0 Å². The Labute approximate surface area is 134 Å². The maximum atomic E-state index is 12.2. The lowest BCUT2D eigenvalue weighted by Gasteiger charge is -2.40. The van der Waals surface area contributed by atoms with E-state index in [1.54, 1.807) is 19.2 Å². The number of rotatable bonds is 4. The standard InChI is InChI=1S/C16H19ClO5/c1-9(18)16(22-10(2)19)8-7-11-12(20-3)5-6-13(21-4)14(11)15(16)17/h5-6,15H,7-8H2,1-4H3/t15-,16-/m0/s1. The predicted molar refractivity (Wildman–Crippen MR) is 81.6 cm³/mol. The molecule has 0 radical (unpaired) electrons. The van der Waals surface area contributed by atoms with E-state index in [1.807, 2.05) is 0 Å². The van der Waals surface area contributed by atoms with Gasteiger partial charge in [-0.15, -0.1) is 11.6 Å². The lowest BCUT2D eigenvalue weighted by molar-refractivity contribution is -0.166. The van der Waals surface area contributed by atoms with E-state index in [4.69, 9.17) is 25.8 Å². The second-order valence-electron chi connectivity index (χ2n) is 5.26. The van der Waals surface area contributed by atoms with Crippen LogP contribution in [0, 0.1) is 0 Å². The first kappa shape index (κ1) is 16.6. The zero-order valence-electron chi connectivity index (χ0n) is 13.1. The molecule has 2 rings (SSSR count). The number of hydrogen-bond donors (Lipinski definition) is 0. The largest absolute Gasteiger partial charge is 0.496 e. The van der Waals surface area contributed by atoms with Crippen LogP contribution in [0.1, 0.15) is 36.8 Å². The molecule has 0 aliphatic heterocycles. The first-order chi connectivity index (χ1) is 10.4. The van der Waals surface area contributed by atoms with Crippen molar-refractivity contribution in [1.29, 1.82) is 0 Å². The van der Waals surface area contributed by atoms with Crippen LogP contribution in [-0.2, 0) is 20.7 Å². The molecule has 0 saturated heterocycles. The number of alkyl halides is 1. The third kappa shape index (κ3) is 2.54. The van der Waals surface area contributed by atoms with Crippen LogP contribution in [0.5, 0.6) is 11.5 Å². The number of methoxy groups -OCH3 is 2. The van der Waals surface area contributed by atoms with E-state index >= 15 is 0 Å². The molecule has 0 bridgehead atoms.